The number of benzene rings is 4. The van der Waals surface area contributed by atoms with Gasteiger partial charge in [0.25, 0.3) is 0 Å². The fraction of sp³-hybridized carbons (Fsp3) is 0.286. The van der Waals surface area contributed by atoms with Gasteiger partial charge in [-0.05, 0) is 34.4 Å². The second-order valence-corrected chi connectivity index (χ2v) is 10.3. The molecule has 0 radical (unpaired) electrons. The smallest absolute Gasteiger partial charge is 0.497 e. The molecule has 9 nitrogen and oxygen atoms in total. The van der Waals surface area contributed by atoms with Crippen molar-refractivity contribution in [1.29, 1.82) is 0 Å². The van der Waals surface area contributed by atoms with E-state index in [0.29, 0.717) is 5.75 Å². The molecule has 1 fully saturated rings. The summed E-state index contributed by atoms with van der Waals surface area (Å²) in [5, 5.41) is 22.2. The van der Waals surface area contributed by atoms with Crippen molar-refractivity contribution < 1.29 is 43.4 Å². The maximum absolute atomic E-state index is 12.5. The van der Waals surface area contributed by atoms with Crippen molar-refractivity contribution in [2.24, 2.45) is 0 Å². The number of carbonyl (C=O) groups excluding carboxylic acids is 1. The normalized spacial score (nSPS) is 21.8. The molecule has 5 rings (SSSR count). The lowest BCUT2D eigenvalue weighted by Gasteiger charge is -2.43. The second-order valence-electron chi connectivity index (χ2n) is 10.3. The molecule has 1 aliphatic rings. The zero-order valence-electron chi connectivity index (χ0n) is 24.5. The average Bonchev–Trinajstić information content (AvgIpc) is 3.08. The van der Waals surface area contributed by atoms with Crippen LogP contribution in [0.4, 0.5) is 4.79 Å². The molecule has 9 heteroatoms. The summed E-state index contributed by atoms with van der Waals surface area (Å²) in [6, 6.07) is 36.1. The highest BCUT2D eigenvalue weighted by Crippen LogP contribution is 2.41. The van der Waals surface area contributed by atoms with Gasteiger partial charge in [0, 0.05) is 7.11 Å². The lowest BCUT2D eigenvalue weighted by atomic mass is 9.80. The number of ether oxygens (including phenoxy) is 6. The number of carbonyl (C=O) groups is 1. The van der Waals surface area contributed by atoms with E-state index in [2.05, 4.69) is 0 Å². The molecular weight excluding hydrogens is 564 g/mol. The standard InChI is InChI=1S/C35H36O9/c1-39-28-20-18-27(19-21-28)35(25-14-8-4-9-15-25,26-16-10-5-11-17-26)42-23-29-30(36)31(37)32(33(40-2)43-29)44-34(38)41-22-24-12-6-3-7-13-24/h3-21,29-33,36-37H,22-23H2,1-2H3/t29-,30-,31+,32-,33+/m1/s1. The van der Waals surface area contributed by atoms with Crippen LogP contribution in [0.1, 0.15) is 22.3 Å². The number of hydrogen-bond acceptors (Lipinski definition) is 9. The quantitative estimate of drug-likeness (QED) is 0.185. The van der Waals surface area contributed by atoms with Gasteiger partial charge in [-0.15, -0.1) is 0 Å². The van der Waals surface area contributed by atoms with Crippen molar-refractivity contribution in [2.45, 2.75) is 42.9 Å². The van der Waals surface area contributed by atoms with Gasteiger partial charge in [-0.25, -0.2) is 4.79 Å². The van der Waals surface area contributed by atoms with Gasteiger partial charge in [-0.3, -0.25) is 0 Å². The van der Waals surface area contributed by atoms with Crippen LogP contribution in [0, 0.1) is 0 Å². The lowest BCUT2D eigenvalue weighted by molar-refractivity contribution is -0.300. The molecule has 1 saturated heterocycles. The van der Waals surface area contributed by atoms with Crippen LogP contribution in [0.15, 0.2) is 115 Å². The first-order valence-corrected chi connectivity index (χ1v) is 14.3. The van der Waals surface area contributed by atoms with Crippen molar-refractivity contribution in [3.63, 3.8) is 0 Å². The third kappa shape index (κ3) is 6.77. The third-order valence-electron chi connectivity index (χ3n) is 7.63. The number of rotatable bonds is 11. The number of methoxy groups -OCH3 is 2. The maximum Gasteiger partial charge on any atom is 0.509 e. The third-order valence-corrected chi connectivity index (χ3v) is 7.63. The Kier molecular flexibility index (Phi) is 10.3. The summed E-state index contributed by atoms with van der Waals surface area (Å²) in [7, 11) is 2.96. The van der Waals surface area contributed by atoms with Crippen LogP contribution in [0.3, 0.4) is 0 Å². The molecule has 44 heavy (non-hydrogen) atoms. The Morgan fingerprint density at radius 1 is 0.750 bits per heavy atom. The predicted molar refractivity (Wildman–Crippen MR) is 161 cm³/mol. The Hall–Kier alpha value is -4.25. The van der Waals surface area contributed by atoms with Crippen LogP contribution in [0.5, 0.6) is 5.75 Å². The van der Waals surface area contributed by atoms with E-state index in [0.717, 1.165) is 22.3 Å². The van der Waals surface area contributed by atoms with Gasteiger partial charge in [-0.1, -0.05) is 103 Å². The van der Waals surface area contributed by atoms with E-state index < -0.39 is 42.5 Å². The highest BCUT2D eigenvalue weighted by molar-refractivity contribution is 5.60. The van der Waals surface area contributed by atoms with Crippen LogP contribution in [-0.4, -0.2) is 67.9 Å². The Labute approximate surface area is 256 Å². The fourth-order valence-corrected chi connectivity index (χ4v) is 5.35. The maximum atomic E-state index is 12.5. The summed E-state index contributed by atoms with van der Waals surface area (Å²) >= 11 is 0. The molecule has 0 unspecified atom stereocenters. The zero-order valence-corrected chi connectivity index (χ0v) is 24.5. The molecule has 0 spiro atoms. The molecule has 230 valence electrons. The van der Waals surface area contributed by atoms with Gasteiger partial charge >= 0.3 is 6.16 Å². The first kappa shape index (κ1) is 31.2. The van der Waals surface area contributed by atoms with Crippen molar-refractivity contribution in [1.82, 2.24) is 0 Å². The summed E-state index contributed by atoms with van der Waals surface area (Å²) in [4.78, 5) is 12.5. The van der Waals surface area contributed by atoms with E-state index in [1.54, 1.807) is 19.2 Å². The van der Waals surface area contributed by atoms with Crippen LogP contribution in [0.25, 0.3) is 0 Å². The van der Waals surface area contributed by atoms with Crippen molar-refractivity contribution in [3.8, 4) is 5.75 Å². The van der Waals surface area contributed by atoms with E-state index in [1.165, 1.54) is 7.11 Å². The van der Waals surface area contributed by atoms with E-state index >= 15 is 0 Å². The molecule has 0 aliphatic carbocycles. The first-order chi connectivity index (χ1) is 21.5. The Morgan fingerprint density at radius 3 is 1.84 bits per heavy atom. The molecule has 0 aromatic heterocycles. The SMILES string of the molecule is COc1ccc(C(OC[C@H]2O[C@H](OC)[C@H](OC(=O)OCc3ccccc3)[C@@H](O)[C@@H]2O)(c2ccccc2)c2ccccc2)cc1. The fourth-order valence-electron chi connectivity index (χ4n) is 5.35. The molecule has 1 aliphatic heterocycles. The average molecular weight is 601 g/mol. The minimum atomic E-state index is -1.55. The van der Waals surface area contributed by atoms with Crippen LogP contribution < -0.4 is 4.74 Å². The number of aliphatic hydroxyl groups is 2. The van der Waals surface area contributed by atoms with Crippen molar-refractivity contribution in [2.75, 3.05) is 20.8 Å². The van der Waals surface area contributed by atoms with Gasteiger partial charge in [0.2, 0.25) is 0 Å². The van der Waals surface area contributed by atoms with Crippen molar-refractivity contribution in [3.05, 3.63) is 138 Å². The molecule has 5 atom stereocenters. The molecular formula is C35H36O9. The van der Waals surface area contributed by atoms with Crippen LogP contribution in [-0.2, 0) is 35.9 Å². The summed E-state index contributed by atoms with van der Waals surface area (Å²) in [6.45, 7) is -0.175. The summed E-state index contributed by atoms with van der Waals surface area (Å²) in [6.07, 6.45) is -7.64. The van der Waals surface area contributed by atoms with Gasteiger partial charge in [-0.2, -0.15) is 0 Å². The molecule has 2 N–H and O–H groups in total. The van der Waals surface area contributed by atoms with Gasteiger partial charge in [0.05, 0.1) is 13.7 Å². The van der Waals surface area contributed by atoms with Crippen molar-refractivity contribution >= 4 is 6.16 Å². The van der Waals surface area contributed by atoms with E-state index in [1.807, 2.05) is 103 Å². The number of aliphatic hydroxyl groups excluding tert-OH is 2. The minimum Gasteiger partial charge on any atom is -0.497 e. The Bertz CT molecular complexity index is 1410. The van der Waals surface area contributed by atoms with Gasteiger partial charge in [0.15, 0.2) is 12.4 Å². The second kappa shape index (κ2) is 14.5. The van der Waals surface area contributed by atoms with Gasteiger partial charge < -0.3 is 38.6 Å². The predicted octanol–water partition coefficient (Wildman–Crippen LogP) is 4.82. The highest BCUT2D eigenvalue weighted by atomic mass is 16.8. The number of hydrogen-bond donors (Lipinski definition) is 2. The van der Waals surface area contributed by atoms with E-state index in [-0.39, 0.29) is 13.2 Å². The monoisotopic (exact) mass is 600 g/mol. The summed E-state index contributed by atoms with van der Waals surface area (Å²) in [5.74, 6) is 0.689. The molecule has 4 aromatic rings. The highest BCUT2D eigenvalue weighted by Gasteiger charge is 2.49. The Balaban J connectivity index is 1.38. The van der Waals surface area contributed by atoms with E-state index in [4.69, 9.17) is 28.4 Å². The van der Waals surface area contributed by atoms with Crippen LogP contribution in [0.2, 0.25) is 0 Å². The summed E-state index contributed by atoms with van der Waals surface area (Å²) < 4.78 is 34.2. The van der Waals surface area contributed by atoms with Gasteiger partial charge in [0.1, 0.15) is 36.3 Å². The molecule has 0 bridgehead atoms. The largest absolute Gasteiger partial charge is 0.509 e. The summed E-state index contributed by atoms with van der Waals surface area (Å²) in [5.41, 5.74) is 2.13. The lowest BCUT2D eigenvalue weighted by Crippen LogP contribution is -2.60. The molecule has 4 aromatic carbocycles. The molecule has 1 heterocycles. The first-order valence-electron chi connectivity index (χ1n) is 14.3. The Morgan fingerprint density at radius 2 is 1.30 bits per heavy atom. The minimum absolute atomic E-state index is 0.0214. The van der Waals surface area contributed by atoms with E-state index in [9.17, 15) is 15.0 Å². The molecule has 0 amide bonds. The van der Waals surface area contributed by atoms with Crippen LogP contribution >= 0.6 is 0 Å². The zero-order chi connectivity index (χ0) is 30.9. The molecule has 0 saturated carbocycles. The topological polar surface area (TPSA) is 113 Å².